The Morgan fingerprint density at radius 3 is 2.60 bits per heavy atom. The second kappa shape index (κ2) is 6.06. The highest BCUT2D eigenvalue weighted by atomic mass is 32.1. The molecule has 1 aromatic heterocycles. The number of aromatic nitrogens is 1. The Kier molecular flexibility index (Phi) is 4.41. The Labute approximate surface area is 118 Å². The maximum atomic E-state index is 13.7. The topological polar surface area (TPSA) is 68.0 Å². The first-order valence-corrected chi connectivity index (χ1v) is 6.85. The highest BCUT2D eigenvalue weighted by molar-refractivity contribution is 7.17. The zero-order valence-corrected chi connectivity index (χ0v) is 11.6. The van der Waals surface area contributed by atoms with E-state index in [2.05, 4.69) is 4.98 Å². The summed E-state index contributed by atoms with van der Waals surface area (Å²) in [5.74, 6) is 3.19. The standard InChI is InChI=1S/C13H13F2N3OS/c1-2-4-9-11(12(19)18-16)20-13(17-9)10-7(14)5-3-6-8(10)15/h3,5-6H,2,4,16H2,1H3,(H,18,19). The van der Waals surface area contributed by atoms with Crippen LogP contribution in [0.15, 0.2) is 18.2 Å². The summed E-state index contributed by atoms with van der Waals surface area (Å²) < 4.78 is 27.5. The van der Waals surface area contributed by atoms with Crippen LogP contribution < -0.4 is 11.3 Å². The minimum absolute atomic E-state index is 0.141. The largest absolute Gasteiger partial charge is 0.289 e. The molecule has 3 N–H and O–H groups in total. The van der Waals surface area contributed by atoms with Gasteiger partial charge >= 0.3 is 0 Å². The summed E-state index contributed by atoms with van der Waals surface area (Å²) in [5, 5.41) is 0.141. The number of halogens is 2. The lowest BCUT2D eigenvalue weighted by atomic mass is 10.2. The molecule has 0 fully saturated rings. The molecule has 0 saturated carbocycles. The summed E-state index contributed by atoms with van der Waals surface area (Å²) in [6.07, 6.45) is 1.29. The van der Waals surface area contributed by atoms with Crippen molar-refractivity contribution in [3.05, 3.63) is 40.4 Å². The fourth-order valence-electron chi connectivity index (χ4n) is 1.81. The van der Waals surface area contributed by atoms with Gasteiger partial charge in [0.1, 0.15) is 21.5 Å². The Hall–Kier alpha value is -1.86. The molecule has 0 aliphatic carbocycles. The zero-order valence-electron chi connectivity index (χ0n) is 10.7. The zero-order chi connectivity index (χ0) is 14.7. The number of nitrogens with two attached hydrogens (primary N) is 1. The third kappa shape index (κ3) is 2.68. The molecule has 1 amide bonds. The van der Waals surface area contributed by atoms with Crippen LogP contribution in [-0.2, 0) is 6.42 Å². The van der Waals surface area contributed by atoms with Crippen molar-refractivity contribution in [1.82, 2.24) is 10.4 Å². The first-order valence-electron chi connectivity index (χ1n) is 6.03. The summed E-state index contributed by atoms with van der Waals surface area (Å²) in [7, 11) is 0. The maximum Gasteiger partial charge on any atom is 0.277 e. The van der Waals surface area contributed by atoms with Crippen LogP contribution in [0.3, 0.4) is 0 Å². The lowest BCUT2D eigenvalue weighted by Crippen LogP contribution is -2.30. The van der Waals surface area contributed by atoms with Gasteiger partial charge in [0.25, 0.3) is 5.91 Å². The summed E-state index contributed by atoms with van der Waals surface area (Å²) in [4.78, 5) is 16.1. The van der Waals surface area contributed by atoms with Gasteiger partial charge in [0, 0.05) is 0 Å². The number of carbonyl (C=O) groups is 1. The van der Waals surface area contributed by atoms with E-state index >= 15 is 0 Å². The molecule has 20 heavy (non-hydrogen) atoms. The number of rotatable bonds is 4. The minimum atomic E-state index is -0.707. The van der Waals surface area contributed by atoms with Crippen LogP contribution in [0.2, 0.25) is 0 Å². The van der Waals surface area contributed by atoms with E-state index in [1.165, 1.54) is 6.07 Å². The van der Waals surface area contributed by atoms with Crippen molar-refractivity contribution >= 4 is 17.2 Å². The van der Waals surface area contributed by atoms with E-state index in [1.807, 2.05) is 12.3 Å². The van der Waals surface area contributed by atoms with E-state index in [9.17, 15) is 13.6 Å². The Balaban J connectivity index is 2.56. The summed E-state index contributed by atoms with van der Waals surface area (Å²) in [6, 6.07) is 3.59. The number of hydrogen-bond donors (Lipinski definition) is 2. The summed E-state index contributed by atoms with van der Waals surface area (Å²) in [6.45, 7) is 1.92. The van der Waals surface area contributed by atoms with Crippen molar-refractivity contribution in [1.29, 1.82) is 0 Å². The normalized spacial score (nSPS) is 10.6. The Bertz CT molecular complexity index is 622. The molecule has 7 heteroatoms. The highest BCUT2D eigenvalue weighted by Gasteiger charge is 2.21. The molecule has 0 aliphatic rings. The van der Waals surface area contributed by atoms with Crippen molar-refractivity contribution in [3.63, 3.8) is 0 Å². The van der Waals surface area contributed by atoms with Gasteiger partial charge in [-0.05, 0) is 18.6 Å². The second-order valence-corrected chi connectivity index (χ2v) is 5.11. The smallest absolute Gasteiger partial charge is 0.277 e. The lowest BCUT2D eigenvalue weighted by molar-refractivity contribution is 0.0956. The number of carbonyl (C=O) groups excluding carboxylic acids is 1. The van der Waals surface area contributed by atoms with E-state index in [-0.39, 0.29) is 15.4 Å². The molecule has 0 aliphatic heterocycles. The number of nitrogens with zero attached hydrogens (tertiary/aromatic N) is 1. The number of hydrazine groups is 1. The molecule has 1 heterocycles. The molecule has 106 valence electrons. The summed E-state index contributed by atoms with van der Waals surface area (Å²) >= 11 is 0.930. The van der Waals surface area contributed by atoms with Crippen LogP contribution in [0.25, 0.3) is 10.6 Å². The van der Waals surface area contributed by atoms with Crippen LogP contribution in [0.5, 0.6) is 0 Å². The predicted molar refractivity (Wildman–Crippen MR) is 73.1 cm³/mol. The van der Waals surface area contributed by atoms with Crippen LogP contribution in [-0.4, -0.2) is 10.9 Å². The summed E-state index contributed by atoms with van der Waals surface area (Å²) in [5.41, 5.74) is 2.30. The predicted octanol–water partition coefficient (Wildman–Crippen LogP) is 2.64. The van der Waals surface area contributed by atoms with Crippen molar-refractivity contribution in [2.24, 2.45) is 5.84 Å². The van der Waals surface area contributed by atoms with E-state index in [4.69, 9.17) is 5.84 Å². The molecule has 0 spiro atoms. The van der Waals surface area contributed by atoms with Gasteiger partial charge in [-0.1, -0.05) is 19.4 Å². The monoisotopic (exact) mass is 297 g/mol. The quantitative estimate of drug-likeness (QED) is 0.518. The third-order valence-corrected chi connectivity index (χ3v) is 3.81. The molecular weight excluding hydrogens is 284 g/mol. The average Bonchev–Trinajstić information content (AvgIpc) is 2.82. The number of amides is 1. The third-order valence-electron chi connectivity index (χ3n) is 2.70. The molecular formula is C13H13F2N3OS. The van der Waals surface area contributed by atoms with E-state index < -0.39 is 17.5 Å². The molecule has 1 aromatic carbocycles. The van der Waals surface area contributed by atoms with Crippen LogP contribution in [0.1, 0.15) is 28.7 Å². The van der Waals surface area contributed by atoms with Gasteiger partial charge in [-0.15, -0.1) is 11.3 Å². The lowest BCUT2D eigenvalue weighted by Gasteiger charge is -1.99. The van der Waals surface area contributed by atoms with Crippen molar-refractivity contribution in [2.75, 3.05) is 0 Å². The molecule has 0 atom stereocenters. The van der Waals surface area contributed by atoms with E-state index in [0.717, 1.165) is 29.9 Å². The van der Waals surface area contributed by atoms with Crippen LogP contribution >= 0.6 is 11.3 Å². The van der Waals surface area contributed by atoms with Gasteiger partial charge in [0.05, 0.1) is 11.3 Å². The Morgan fingerprint density at radius 2 is 2.05 bits per heavy atom. The number of benzene rings is 1. The molecule has 2 aromatic rings. The van der Waals surface area contributed by atoms with Gasteiger partial charge in [-0.2, -0.15) is 0 Å². The van der Waals surface area contributed by atoms with Gasteiger partial charge in [-0.3, -0.25) is 10.2 Å². The SMILES string of the molecule is CCCc1nc(-c2c(F)cccc2F)sc1C(=O)NN. The van der Waals surface area contributed by atoms with E-state index in [0.29, 0.717) is 12.1 Å². The first kappa shape index (κ1) is 14.5. The van der Waals surface area contributed by atoms with Crippen molar-refractivity contribution in [2.45, 2.75) is 19.8 Å². The van der Waals surface area contributed by atoms with Gasteiger partial charge < -0.3 is 0 Å². The van der Waals surface area contributed by atoms with Gasteiger partial charge in [0.15, 0.2) is 0 Å². The first-order chi connectivity index (χ1) is 9.58. The molecule has 0 radical (unpaired) electrons. The average molecular weight is 297 g/mol. The number of thiazole rings is 1. The van der Waals surface area contributed by atoms with Gasteiger partial charge in [0.2, 0.25) is 0 Å². The number of nitrogen functional groups attached to an aromatic ring is 1. The van der Waals surface area contributed by atoms with Gasteiger partial charge in [-0.25, -0.2) is 19.6 Å². The van der Waals surface area contributed by atoms with Crippen molar-refractivity contribution in [3.8, 4) is 10.6 Å². The second-order valence-electron chi connectivity index (χ2n) is 4.11. The fraction of sp³-hybridized carbons (Fsp3) is 0.231. The van der Waals surface area contributed by atoms with E-state index in [1.54, 1.807) is 0 Å². The molecule has 0 bridgehead atoms. The molecule has 2 rings (SSSR count). The number of aryl methyl sites for hydroxylation is 1. The fourth-order valence-corrected chi connectivity index (χ4v) is 2.87. The maximum absolute atomic E-state index is 13.7. The minimum Gasteiger partial charge on any atom is -0.289 e. The molecule has 4 nitrogen and oxygen atoms in total. The molecule has 0 saturated heterocycles. The van der Waals surface area contributed by atoms with Crippen LogP contribution in [0, 0.1) is 11.6 Å². The highest BCUT2D eigenvalue weighted by Crippen LogP contribution is 2.32. The molecule has 0 unspecified atom stereocenters. The number of nitrogens with one attached hydrogen (secondary N) is 1. The Morgan fingerprint density at radius 1 is 1.40 bits per heavy atom. The van der Waals surface area contributed by atoms with Crippen LogP contribution in [0.4, 0.5) is 8.78 Å². The number of hydrogen-bond acceptors (Lipinski definition) is 4. The van der Waals surface area contributed by atoms with Crippen molar-refractivity contribution < 1.29 is 13.6 Å².